The zero-order valence-electron chi connectivity index (χ0n) is 11.5. The van der Waals surface area contributed by atoms with Crippen LogP contribution in [0.2, 0.25) is 0 Å². The van der Waals surface area contributed by atoms with Crippen molar-refractivity contribution < 1.29 is 9.53 Å². The van der Waals surface area contributed by atoms with Gasteiger partial charge in [-0.2, -0.15) is 0 Å². The molecule has 1 aromatic heterocycles. The van der Waals surface area contributed by atoms with E-state index in [1.54, 1.807) is 23.5 Å². The molecule has 0 fully saturated rings. The number of ether oxygens (including phenoxy) is 1. The van der Waals surface area contributed by atoms with Crippen molar-refractivity contribution in [2.75, 3.05) is 12.4 Å². The van der Waals surface area contributed by atoms with Gasteiger partial charge >= 0.3 is 5.97 Å². The Kier molecular flexibility index (Phi) is 3.83. The van der Waals surface area contributed by atoms with Gasteiger partial charge < -0.3 is 10.1 Å². The van der Waals surface area contributed by atoms with Crippen molar-refractivity contribution in [1.29, 1.82) is 0 Å². The Hall–Kier alpha value is -2.40. The third kappa shape index (κ3) is 3.03. The fourth-order valence-electron chi connectivity index (χ4n) is 2.00. The summed E-state index contributed by atoms with van der Waals surface area (Å²) in [6.45, 7) is 0.668. The van der Waals surface area contributed by atoms with Gasteiger partial charge in [0.1, 0.15) is 0 Å². The van der Waals surface area contributed by atoms with E-state index in [1.165, 1.54) is 11.8 Å². The predicted octanol–water partition coefficient (Wildman–Crippen LogP) is 3.70. The molecule has 2 aromatic carbocycles. The number of aromatic nitrogens is 1. The number of hydrogen-bond donors (Lipinski definition) is 1. The number of carbonyl (C=O) groups is 1. The molecule has 4 nitrogen and oxygen atoms in total. The second kappa shape index (κ2) is 5.93. The molecule has 0 radical (unpaired) electrons. The molecule has 1 N–H and O–H groups in total. The quantitative estimate of drug-likeness (QED) is 0.746. The highest BCUT2D eigenvalue weighted by Crippen LogP contribution is 2.25. The number of hydrogen-bond acceptors (Lipinski definition) is 5. The molecule has 3 rings (SSSR count). The van der Waals surface area contributed by atoms with E-state index < -0.39 is 0 Å². The number of carbonyl (C=O) groups excluding carboxylic acids is 1. The van der Waals surface area contributed by atoms with Gasteiger partial charge in [0, 0.05) is 6.54 Å². The molecule has 0 saturated heterocycles. The van der Waals surface area contributed by atoms with Crippen LogP contribution in [0.3, 0.4) is 0 Å². The van der Waals surface area contributed by atoms with Crippen molar-refractivity contribution in [3.8, 4) is 0 Å². The van der Waals surface area contributed by atoms with Crippen LogP contribution in [-0.4, -0.2) is 18.1 Å². The van der Waals surface area contributed by atoms with Gasteiger partial charge in [-0.15, -0.1) is 0 Å². The summed E-state index contributed by atoms with van der Waals surface area (Å²) >= 11 is 1.63. The summed E-state index contributed by atoms with van der Waals surface area (Å²) in [4.78, 5) is 15.9. The van der Waals surface area contributed by atoms with Crippen LogP contribution in [0.25, 0.3) is 10.2 Å². The summed E-state index contributed by atoms with van der Waals surface area (Å²) in [5.41, 5.74) is 2.65. The number of rotatable bonds is 4. The standard InChI is InChI=1S/C16H14N2O2S/c1-20-15(19)12-8-6-11(7-9-12)10-17-16-18-13-4-2-3-5-14(13)21-16/h2-9H,10H2,1H3,(H,17,18). The lowest BCUT2D eigenvalue weighted by Gasteiger charge is -2.04. The zero-order chi connectivity index (χ0) is 14.7. The second-order valence-electron chi connectivity index (χ2n) is 4.53. The fraction of sp³-hybridized carbons (Fsp3) is 0.125. The molecule has 0 bridgehead atoms. The van der Waals surface area contributed by atoms with E-state index in [0.29, 0.717) is 12.1 Å². The monoisotopic (exact) mass is 298 g/mol. The van der Waals surface area contributed by atoms with Crippen molar-refractivity contribution in [2.24, 2.45) is 0 Å². The third-order valence-corrected chi connectivity index (χ3v) is 4.11. The van der Waals surface area contributed by atoms with Crippen LogP contribution >= 0.6 is 11.3 Å². The smallest absolute Gasteiger partial charge is 0.337 e. The minimum Gasteiger partial charge on any atom is -0.465 e. The molecule has 0 aliphatic rings. The summed E-state index contributed by atoms with van der Waals surface area (Å²) in [5, 5.41) is 4.20. The van der Waals surface area contributed by atoms with Gasteiger partial charge in [0.15, 0.2) is 5.13 Å². The minimum atomic E-state index is -0.319. The fourth-order valence-corrected chi connectivity index (χ4v) is 2.86. The van der Waals surface area contributed by atoms with E-state index in [0.717, 1.165) is 16.2 Å². The van der Waals surface area contributed by atoms with E-state index >= 15 is 0 Å². The number of benzene rings is 2. The topological polar surface area (TPSA) is 51.2 Å². The number of nitrogens with zero attached hydrogens (tertiary/aromatic N) is 1. The first kappa shape index (κ1) is 13.6. The van der Waals surface area contributed by atoms with Gasteiger partial charge in [-0.25, -0.2) is 9.78 Å². The van der Waals surface area contributed by atoms with Crippen molar-refractivity contribution in [3.63, 3.8) is 0 Å². The second-order valence-corrected chi connectivity index (χ2v) is 5.56. The van der Waals surface area contributed by atoms with Crippen molar-refractivity contribution in [1.82, 2.24) is 4.98 Å². The van der Waals surface area contributed by atoms with Gasteiger partial charge in [-0.05, 0) is 29.8 Å². The van der Waals surface area contributed by atoms with Gasteiger partial charge in [-0.3, -0.25) is 0 Å². The first-order valence-electron chi connectivity index (χ1n) is 6.53. The van der Waals surface area contributed by atoms with Crippen molar-refractivity contribution in [2.45, 2.75) is 6.54 Å². The lowest BCUT2D eigenvalue weighted by molar-refractivity contribution is 0.0600. The van der Waals surface area contributed by atoms with Gasteiger partial charge in [0.25, 0.3) is 0 Å². The summed E-state index contributed by atoms with van der Waals surface area (Å²) in [6, 6.07) is 15.4. The van der Waals surface area contributed by atoms with Gasteiger partial charge in [0.2, 0.25) is 0 Å². The van der Waals surface area contributed by atoms with E-state index in [4.69, 9.17) is 0 Å². The maximum atomic E-state index is 11.4. The third-order valence-electron chi connectivity index (χ3n) is 3.11. The molecule has 0 amide bonds. The average Bonchev–Trinajstić information content (AvgIpc) is 2.95. The van der Waals surface area contributed by atoms with Crippen molar-refractivity contribution in [3.05, 3.63) is 59.7 Å². The average molecular weight is 298 g/mol. The van der Waals surface area contributed by atoms with E-state index in [9.17, 15) is 4.79 Å². The molecule has 106 valence electrons. The van der Waals surface area contributed by atoms with E-state index in [2.05, 4.69) is 21.1 Å². The number of para-hydroxylation sites is 1. The van der Waals surface area contributed by atoms with Gasteiger partial charge in [-0.1, -0.05) is 35.6 Å². The molecule has 0 saturated carbocycles. The number of nitrogens with one attached hydrogen (secondary N) is 1. The summed E-state index contributed by atoms with van der Waals surface area (Å²) in [7, 11) is 1.38. The van der Waals surface area contributed by atoms with Crippen LogP contribution in [0.15, 0.2) is 48.5 Å². The van der Waals surface area contributed by atoms with Crippen LogP contribution in [-0.2, 0) is 11.3 Å². The van der Waals surface area contributed by atoms with E-state index in [1.807, 2.05) is 30.3 Å². The van der Waals surface area contributed by atoms with Gasteiger partial charge in [0.05, 0.1) is 22.9 Å². The summed E-state index contributed by atoms with van der Waals surface area (Å²) in [5.74, 6) is -0.319. The van der Waals surface area contributed by atoms with Crippen LogP contribution in [0.5, 0.6) is 0 Å². The Labute approximate surface area is 126 Å². The maximum Gasteiger partial charge on any atom is 0.337 e. The molecule has 0 aliphatic carbocycles. The molecular weight excluding hydrogens is 284 g/mol. The molecule has 0 unspecified atom stereocenters. The zero-order valence-corrected chi connectivity index (χ0v) is 12.3. The molecule has 3 aromatic rings. The van der Waals surface area contributed by atoms with Crippen LogP contribution in [0.1, 0.15) is 15.9 Å². The Morgan fingerprint density at radius 1 is 1.19 bits per heavy atom. The normalized spacial score (nSPS) is 10.5. The highest BCUT2D eigenvalue weighted by molar-refractivity contribution is 7.22. The number of methoxy groups -OCH3 is 1. The van der Waals surface area contributed by atoms with Crippen LogP contribution < -0.4 is 5.32 Å². The maximum absolute atomic E-state index is 11.4. The first-order chi connectivity index (χ1) is 10.3. The minimum absolute atomic E-state index is 0.319. The Morgan fingerprint density at radius 3 is 2.67 bits per heavy atom. The lowest BCUT2D eigenvalue weighted by Crippen LogP contribution is -2.02. The molecule has 0 spiro atoms. The van der Waals surface area contributed by atoms with Crippen LogP contribution in [0, 0.1) is 0 Å². The Morgan fingerprint density at radius 2 is 1.95 bits per heavy atom. The molecule has 0 atom stereocenters. The van der Waals surface area contributed by atoms with Crippen LogP contribution in [0.4, 0.5) is 5.13 Å². The number of fused-ring (bicyclic) bond motifs is 1. The lowest BCUT2D eigenvalue weighted by atomic mass is 10.1. The Balaban J connectivity index is 1.68. The molecule has 21 heavy (non-hydrogen) atoms. The molecule has 0 aliphatic heterocycles. The van der Waals surface area contributed by atoms with Crippen molar-refractivity contribution >= 4 is 32.7 Å². The molecule has 1 heterocycles. The first-order valence-corrected chi connectivity index (χ1v) is 7.34. The molecular formula is C16H14N2O2S. The number of thiazole rings is 1. The highest BCUT2D eigenvalue weighted by atomic mass is 32.1. The SMILES string of the molecule is COC(=O)c1ccc(CNc2nc3ccccc3s2)cc1. The number of esters is 1. The Bertz CT molecular complexity index is 732. The largest absolute Gasteiger partial charge is 0.465 e. The van der Waals surface area contributed by atoms with E-state index in [-0.39, 0.29) is 5.97 Å². The molecule has 5 heteroatoms. The number of anilines is 1. The summed E-state index contributed by atoms with van der Waals surface area (Å²) < 4.78 is 5.84. The summed E-state index contributed by atoms with van der Waals surface area (Å²) in [6.07, 6.45) is 0. The predicted molar refractivity (Wildman–Crippen MR) is 84.7 cm³/mol. The highest BCUT2D eigenvalue weighted by Gasteiger charge is 2.05.